The van der Waals surface area contributed by atoms with Crippen LogP contribution in [0.1, 0.15) is 0 Å². The Labute approximate surface area is 97.2 Å². The van der Waals surface area contributed by atoms with Gasteiger partial charge in [0.1, 0.15) is 10.8 Å². The molecule has 0 saturated carbocycles. The number of nitrogens with zero attached hydrogens (tertiary/aromatic N) is 3. The molecule has 3 N–H and O–H groups in total. The van der Waals surface area contributed by atoms with Crippen molar-refractivity contribution >= 4 is 28.4 Å². The fraction of sp³-hybridized carbons (Fsp3) is 0.556. The molecule has 0 aromatic carbocycles. The number of aromatic nitrogens is 1. The molecular weight excluding hydrogens is 226 g/mol. The number of nitrogens with two attached hydrogens (primary N) is 1. The monoisotopic (exact) mass is 239 g/mol. The number of hydrogen-bond acceptors (Lipinski definition) is 5. The molecule has 86 valence electrons. The van der Waals surface area contributed by atoms with E-state index < -0.39 is 0 Å². The van der Waals surface area contributed by atoms with Gasteiger partial charge in [-0.3, -0.25) is 0 Å². The first-order chi connectivity index (χ1) is 7.74. The van der Waals surface area contributed by atoms with Crippen molar-refractivity contribution in [2.45, 2.75) is 6.04 Å². The molecule has 2 saturated heterocycles. The first kappa shape index (κ1) is 9.71. The van der Waals surface area contributed by atoms with Crippen molar-refractivity contribution in [3.8, 4) is 0 Å². The van der Waals surface area contributed by atoms with Crippen LogP contribution in [0.15, 0.2) is 6.07 Å². The van der Waals surface area contributed by atoms with Gasteiger partial charge < -0.3 is 20.9 Å². The van der Waals surface area contributed by atoms with E-state index in [9.17, 15) is 4.79 Å². The molecular formula is C9H13N5OS. The lowest BCUT2D eigenvalue weighted by atomic mass is 10.2. The second-order valence-corrected chi connectivity index (χ2v) is 4.85. The van der Waals surface area contributed by atoms with E-state index in [4.69, 9.17) is 5.73 Å². The summed E-state index contributed by atoms with van der Waals surface area (Å²) in [6, 6.07) is 2.24. The first-order valence-electron chi connectivity index (χ1n) is 5.25. The Kier molecular flexibility index (Phi) is 2.13. The summed E-state index contributed by atoms with van der Waals surface area (Å²) in [6.45, 7) is 3.23. The number of hydrogen-bond donors (Lipinski definition) is 2. The Bertz CT molecular complexity index is 420. The molecule has 0 bridgehead atoms. The zero-order chi connectivity index (χ0) is 11.1. The molecule has 1 unspecified atom stereocenters. The molecule has 3 rings (SSSR count). The molecule has 1 aromatic rings. The number of urea groups is 1. The first-order valence-corrected chi connectivity index (χ1v) is 6.03. The van der Waals surface area contributed by atoms with E-state index in [1.54, 1.807) is 0 Å². The van der Waals surface area contributed by atoms with Crippen LogP contribution in [0.3, 0.4) is 0 Å². The highest BCUT2D eigenvalue weighted by Crippen LogP contribution is 2.26. The molecule has 3 heterocycles. The smallest absolute Gasteiger partial charge is 0.317 e. The zero-order valence-electron chi connectivity index (χ0n) is 8.72. The lowest BCUT2D eigenvalue weighted by Gasteiger charge is -2.36. The lowest BCUT2D eigenvalue weighted by Crippen LogP contribution is -2.52. The molecule has 6 nitrogen and oxygen atoms in total. The van der Waals surface area contributed by atoms with Gasteiger partial charge in [-0.15, -0.1) is 0 Å². The number of carbonyl (C=O) groups is 1. The molecule has 2 amide bonds. The molecule has 16 heavy (non-hydrogen) atoms. The Balaban J connectivity index is 1.75. The third-order valence-electron chi connectivity index (χ3n) is 3.06. The van der Waals surface area contributed by atoms with Crippen molar-refractivity contribution in [3.05, 3.63) is 6.07 Å². The van der Waals surface area contributed by atoms with Crippen molar-refractivity contribution in [2.24, 2.45) is 0 Å². The van der Waals surface area contributed by atoms with E-state index in [2.05, 4.69) is 14.6 Å². The molecule has 1 atom stereocenters. The van der Waals surface area contributed by atoms with Crippen molar-refractivity contribution < 1.29 is 4.79 Å². The molecule has 7 heteroatoms. The van der Waals surface area contributed by atoms with Crippen LogP contribution in [0.25, 0.3) is 0 Å². The van der Waals surface area contributed by atoms with E-state index in [0.717, 1.165) is 31.2 Å². The van der Waals surface area contributed by atoms with Gasteiger partial charge in [0.05, 0.1) is 6.04 Å². The largest absolute Gasteiger partial charge is 0.383 e. The van der Waals surface area contributed by atoms with Crippen molar-refractivity contribution in [3.63, 3.8) is 0 Å². The summed E-state index contributed by atoms with van der Waals surface area (Å²) >= 11 is 1.42. The number of anilines is 2. The number of carbonyl (C=O) groups excluding carboxylic acids is 1. The Morgan fingerprint density at radius 3 is 3.19 bits per heavy atom. The van der Waals surface area contributed by atoms with Crippen molar-refractivity contribution in [2.75, 3.05) is 36.8 Å². The van der Waals surface area contributed by atoms with E-state index in [1.807, 2.05) is 11.0 Å². The lowest BCUT2D eigenvalue weighted by molar-refractivity contribution is 0.198. The minimum Gasteiger partial charge on any atom is -0.383 e. The van der Waals surface area contributed by atoms with Crippen LogP contribution < -0.4 is 16.0 Å². The summed E-state index contributed by atoms with van der Waals surface area (Å²) in [5.41, 5.74) is 5.61. The normalized spacial score (nSPS) is 24.5. The van der Waals surface area contributed by atoms with Crippen molar-refractivity contribution in [1.29, 1.82) is 0 Å². The zero-order valence-corrected chi connectivity index (χ0v) is 9.54. The Morgan fingerprint density at radius 2 is 2.44 bits per heavy atom. The molecule has 0 spiro atoms. The molecule has 0 radical (unpaired) electrons. The number of amides is 2. The predicted octanol–water partition coefficient (Wildman–Crippen LogP) is -0.0609. The van der Waals surface area contributed by atoms with Crippen LogP contribution in [0.2, 0.25) is 0 Å². The van der Waals surface area contributed by atoms with Crippen molar-refractivity contribution in [1.82, 2.24) is 14.6 Å². The topological polar surface area (TPSA) is 74.5 Å². The number of nitrogen functional groups attached to an aromatic ring is 1. The van der Waals surface area contributed by atoms with Crippen LogP contribution in [0.4, 0.5) is 15.6 Å². The maximum absolute atomic E-state index is 11.4. The van der Waals surface area contributed by atoms with E-state index in [1.165, 1.54) is 11.5 Å². The minimum absolute atomic E-state index is 0.0634. The van der Waals surface area contributed by atoms with Crippen LogP contribution in [0.5, 0.6) is 0 Å². The van der Waals surface area contributed by atoms with E-state index >= 15 is 0 Å². The SMILES string of the molecule is Nc1cc(N2CCN3C(=O)NCC3C2)sn1. The van der Waals surface area contributed by atoms with Gasteiger partial charge in [-0.05, 0) is 11.5 Å². The summed E-state index contributed by atoms with van der Waals surface area (Å²) in [5.74, 6) is 0.572. The van der Waals surface area contributed by atoms with Gasteiger partial charge in [0, 0.05) is 32.2 Å². The number of piperazine rings is 1. The highest BCUT2D eigenvalue weighted by atomic mass is 32.1. The molecule has 0 aliphatic carbocycles. The maximum Gasteiger partial charge on any atom is 0.317 e. The van der Waals surface area contributed by atoms with Gasteiger partial charge in [-0.2, -0.15) is 4.37 Å². The highest BCUT2D eigenvalue weighted by molar-refractivity contribution is 7.10. The minimum atomic E-state index is 0.0634. The van der Waals surface area contributed by atoms with Crippen LogP contribution in [-0.2, 0) is 0 Å². The highest BCUT2D eigenvalue weighted by Gasteiger charge is 2.35. The summed E-state index contributed by atoms with van der Waals surface area (Å²) in [5, 5.41) is 3.96. The van der Waals surface area contributed by atoms with Gasteiger partial charge in [0.25, 0.3) is 0 Å². The average Bonchev–Trinajstić information content (AvgIpc) is 2.86. The van der Waals surface area contributed by atoms with Gasteiger partial charge in [0.2, 0.25) is 0 Å². The van der Waals surface area contributed by atoms with Crippen LogP contribution in [0, 0.1) is 0 Å². The number of nitrogens with one attached hydrogen (secondary N) is 1. The van der Waals surface area contributed by atoms with E-state index in [-0.39, 0.29) is 12.1 Å². The van der Waals surface area contributed by atoms with E-state index in [0.29, 0.717) is 5.82 Å². The molecule has 2 aliphatic heterocycles. The summed E-state index contributed by atoms with van der Waals surface area (Å²) in [7, 11) is 0. The summed E-state index contributed by atoms with van der Waals surface area (Å²) in [4.78, 5) is 15.6. The molecule has 2 fully saturated rings. The quantitative estimate of drug-likeness (QED) is 0.720. The fourth-order valence-electron chi connectivity index (χ4n) is 2.23. The molecule has 2 aliphatic rings. The third-order valence-corrected chi connectivity index (χ3v) is 3.93. The second kappa shape index (κ2) is 3.51. The van der Waals surface area contributed by atoms with Gasteiger partial charge in [-0.25, -0.2) is 4.79 Å². The predicted molar refractivity (Wildman–Crippen MR) is 62.6 cm³/mol. The summed E-state index contributed by atoms with van der Waals surface area (Å²) in [6.07, 6.45) is 0. The third kappa shape index (κ3) is 1.47. The fourth-order valence-corrected chi connectivity index (χ4v) is 2.94. The summed E-state index contributed by atoms with van der Waals surface area (Å²) < 4.78 is 4.07. The van der Waals surface area contributed by atoms with Crippen LogP contribution >= 0.6 is 11.5 Å². The number of fused-ring (bicyclic) bond motifs is 1. The maximum atomic E-state index is 11.4. The number of rotatable bonds is 1. The standard InChI is InChI=1S/C9H13N5OS/c10-7-3-8(16-12-7)13-1-2-14-6(5-13)4-11-9(14)15/h3,6H,1-2,4-5H2,(H2,10,12)(H,11,15). The second-order valence-electron chi connectivity index (χ2n) is 4.07. The Morgan fingerprint density at radius 1 is 1.56 bits per heavy atom. The molecule has 1 aromatic heterocycles. The van der Waals surface area contributed by atoms with Crippen LogP contribution in [-0.4, -0.2) is 47.5 Å². The van der Waals surface area contributed by atoms with Gasteiger partial charge >= 0.3 is 6.03 Å². The average molecular weight is 239 g/mol. The van der Waals surface area contributed by atoms with Gasteiger partial charge in [-0.1, -0.05) is 0 Å². The van der Waals surface area contributed by atoms with Gasteiger partial charge in [0.15, 0.2) is 0 Å². The Hall–Kier alpha value is -1.50.